The van der Waals surface area contributed by atoms with Gasteiger partial charge in [0.1, 0.15) is 0 Å². The second kappa shape index (κ2) is 1.87. The second-order valence-corrected chi connectivity index (χ2v) is 2.40. The summed E-state index contributed by atoms with van der Waals surface area (Å²) in [5, 5.41) is 3.12. The lowest BCUT2D eigenvalue weighted by molar-refractivity contribution is 1.12. The molecule has 0 heterocycles. The van der Waals surface area contributed by atoms with Crippen LogP contribution >= 0.6 is 0 Å². The fourth-order valence-electron chi connectivity index (χ4n) is 1.23. The maximum atomic E-state index is 3.12. The lowest BCUT2D eigenvalue weighted by Gasteiger charge is -2.18. The molecule has 0 aromatic heterocycles. The Labute approximate surface area is 60.4 Å². The summed E-state index contributed by atoms with van der Waals surface area (Å²) in [6, 6.07) is 8.36. The smallest absolute Gasteiger partial charge is 0.0423 e. The number of hydrogen-bond acceptors (Lipinski definition) is 1. The Hall–Kier alpha value is -1.24. The molecule has 50 valence electrons. The predicted octanol–water partition coefficient (Wildman–Crippen LogP) is 1.72. The van der Waals surface area contributed by atoms with Crippen LogP contribution in [0, 0.1) is 0 Å². The molecule has 0 saturated carbocycles. The van der Waals surface area contributed by atoms with Gasteiger partial charge in [-0.25, -0.2) is 0 Å². The molecule has 0 bridgehead atoms. The molecule has 0 spiro atoms. The summed E-state index contributed by atoms with van der Waals surface area (Å²) in [5.74, 6) is 0. The van der Waals surface area contributed by atoms with E-state index < -0.39 is 0 Å². The zero-order chi connectivity index (χ0) is 6.97. The fraction of sp³-hybridized carbons (Fsp3) is 0.111. The highest BCUT2D eigenvalue weighted by atomic mass is 14.8. The standard InChI is InChI=1S/C9H9N/c1-10-9-6-7-4-2-3-5-8(7)9/h2-6,10H,1H3. The zero-order valence-electron chi connectivity index (χ0n) is 5.89. The first-order valence-electron chi connectivity index (χ1n) is 3.40. The molecular weight excluding hydrogens is 122 g/mol. The maximum Gasteiger partial charge on any atom is 0.0423 e. The molecule has 1 nitrogen and oxygen atoms in total. The minimum atomic E-state index is 1.25. The Balaban J connectivity index is 2.43. The SMILES string of the molecule is CNC1=Cc2ccccc21. The van der Waals surface area contributed by atoms with Gasteiger partial charge in [0.05, 0.1) is 0 Å². The van der Waals surface area contributed by atoms with Crippen molar-refractivity contribution in [2.24, 2.45) is 0 Å². The Bertz CT molecular complexity index is 287. The van der Waals surface area contributed by atoms with Crippen LogP contribution in [-0.2, 0) is 0 Å². The van der Waals surface area contributed by atoms with E-state index in [-0.39, 0.29) is 0 Å². The molecule has 1 aromatic rings. The van der Waals surface area contributed by atoms with Crippen molar-refractivity contribution in [2.45, 2.75) is 0 Å². The quantitative estimate of drug-likeness (QED) is 0.612. The largest absolute Gasteiger partial charge is 0.388 e. The monoisotopic (exact) mass is 131 g/mol. The molecule has 1 N–H and O–H groups in total. The van der Waals surface area contributed by atoms with Crippen molar-refractivity contribution < 1.29 is 0 Å². The zero-order valence-corrected chi connectivity index (χ0v) is 5.89. The Morgan fingerprint density at radius 1 is 1.20 bits per heavy atom. The molecule has 10 heavy (non-hydrogen) atoms. The third-order valence-electron chi connectivity index (χ3n) is 1.82. The third-order valence-corrected chi connectivity index (χ3v) is 1.82. The highest BCUT2D eigenvalue weighted by Gasteiger charge is 2.11. The van der Waals surface area contributed by atoms with Crippen LogP contribution in [0.2, 0.25) is 0 Å². The van der Waals surface area contributed by atoms with Gasteiger partial charge in [0, 0.05) is 18.3 Å². The van der Waals surface area contributed by atoms with Crippen molar-refractivity contribution in [3.63, 3.8) is 0 Å². The molecule has 0 fully saturated rings. The van der Waals surface area contributed by atoms with Gasteiger partial charge in [-0.05, 0) is 11.6 Å². The first-order valence-corrected chi connectivity index (χ1v) is 3.40. The topological polar surface area (TPSA) is 12.0 Å². The van der Waals surface area contributed by atoms with E-state index in [9.17, 15) is 0 Å². The lowest BCUT2D eigenvalue weighted by Crippen LogP contribution is -2.11. The van der Waals surface area contributed by atoms with E-state index in [0.717, 1.165) is 0 Å². The van der Waals surface area contributed by atoms with E-state index in [2.05, 4.69) is 35.7 Å². The van der Waals surface area contributed by atoms with Gasteiger partial charge in [-0.1, -0.05) is 24.3 Å². The van der Waals surface area contributed by atoms with Gasteiger partial charge < -0.3 is 5.32 Å². The summed E-state index contributed by atoms with van der Waals surface area (Å²) >= 11 is 0. The van der Waals surface area contributed by atoms with Crippen LogP contribution in [0.15, 0.2) is 24.3 Å². The van der Waals surface area contributed by atoms with Crippen molar-refractivity contribution in [2.75, 3.05) is 7.05 Å². The number of rotatable bonds is 1. The van der Waals surface area contributed by atoms with Gasteiger partial charge in [0.25, 0.3) is 0 Å². The molecule has 1 aromatic carbocycles. The Morgan fingerprint density at radius 2 is 2.00 bits per heavy atom. The molecule has 1 aliphatic carbocycles. The van der Waals surface area contributed by atoms with E-state index in [0.29, 0.717) is 0 Å². The second-order valence-electron chi connectivity index (χ2n) is 2.40. The molecule has 0 radical (unpaired) electrons. The van der Waals surface area contributed by atoms with Gasteiger partial charge in [0.15, 0.2) is 0 Å². The normalized spacial score (nSPS) is 13.1. The fourth-order valence-corrected chi connectivity index (χ4v) is 1.23. The summed E-state index contributed by atoms with van der Waals surface area (Å²) in [4.78, 5) is 0. The van der Waals surface area contributed by atoms with Crippen LogP contribution in [0.4, 0.5) is 0 Å². The van der Waals surface area contributed by atoms with Crippen LogP contribution in [0.1, 0.15) is 11.1 Å². The first-order chi connectivity index (χ1) is 4.92. The first kappa shape index (κ1) is 5.54. The summed E-state index contributed by atoms with van der Waals surface area (Å²) in [7, 11) is 1.95. The van der Waals surface area contributed by atoms with Crippen molar-refractivity contribution in [1.82, 2.24) is 5.32 Å². The molecule has 0 saturated heterocycles. The van der Waals surface area contributed by atoms with E-state index in [1.54, 1.807) is 0 Å². The number of benzene rings is 1. The minimum Gasteiger partial charge on any atom is -0.388 e. The van der Waals surface area contributed by atoms with E-state index in [1.165, 1.54) is 16.8 Å². The van der Waals surface area contributed by atoms with Crippen LogP contribution in [0.25, 0.3) is 11.8 Å². The van der Waals surface area contributed by atoms with E-state index in [4.69, 9.17) is 0 Å². The van der Waals surface area contributed by atoms with E-state index in [1.807, 2.05) is 7.05 Å². The Morgan fingerprint density at radius 3 is 2.70 bits per heavy atom. The summed E-state index contributed by atoms with van der Waals surface area (Å²) in [6.45, 7) is 0. The Kier molecular flexibility index (Phi) is 1.04. The lowest BCUT2D eigenvalue weighted by atomic mass is 9.94. The van der Waals surface area contributed by atoms with Gasteiger partial charge in [0.2, 0.25) is 0 Å². The van der Waals surface area contributed by atoms with Crippen LogP contribution in [0.5, 0.6) is 0 Å². The number of fused-ring (bicyclic) bond motifs is 1. The summed E-state index contributed by atoms with van der Waals surface area (Å²) in [5.41, 5.74) is 3.92. The molecule has 0 unspecified atom stereocenters. The summed E-state index contributed by atoms with van der Waals surface area (Å²) < 4.78 is 0. The van der Waals surface area contributed by atoms with Crippen molar-refractivity contribution in [3.05, 3.63) is 35.4 Å². The van der Waals surface area contributed by atoms with Crippen molar-refractivity contribution in [1.29, 1.82) is 0 Å². The molecule has 0 atom stereocenters. The van der Waals surface area contributed by atoms with E-state index >= 15 is 0 Å². The predicted molar refractivity (Wildman–Crippen MR) is 43.4 cm³/mol. The molecular formula is C9H9N. The maximum absolute atomic E-state index is 3.12. The third kappa shape index (κ3) is 0.574. The van der Waals surface area contributed by atoms with Crippen molar-refractivity contribution >= 4 is 11.8 Å². The van der Waals surface area contributed by atoms with Crippen LogP contribution in [-0.4, -0.2) is 7.05 Å². The van der Waals surface area contributed by atoms with Gasteiger partial charge in [-0.15, -0.1) is 0 Å². The average molecular weight is 131 g/mol. The number of hydrogen-bond donors (Lipinski definition) is 1. The molecule has 0 amide bonds. The highest BCUT2D eigenvalue weighted by Crippen LogP contribution is 2.28. The molecule has 1 heteroatoms. The molecule has 0 aliphatic heterocycles. The highest BCUT2D eigenvalue weighted by molar-refractivity contribution is 5.94. The van der Waals surface area contributed by atoms with Crippen LogP contribution in [0.3, 0.4) is 0 Å². The van der Waals surface area contributed by atoms with Crippen molar-refractivity contribution in [3.8, 4) is 0 Å². The molecule has 2 rings (SSSR count). The minimum absolute atomic E-state index is 1.25. The summed E-state index contributed by atoms with van der Waals surface area (Å²) in [6.07, 6.45) is 2.15. The van der Waals surface area contributed by atoms with Gasteiger partial charge >= 0.3 is 0 Å². The molecule has 1 aliphatic rings. The average Bonchev–Trinajstić information content (AvgIpc) is 1.92. The van der Waals surface area contributed by atoms with Crippen LogP contribution < -0.4 is 5.32 Å². The van der Waals surface area contributed by atoms with Gasteiger partial charge in [-0.2, -0.15) is 0 Å². The van der Waals surface area contributed by atoms with Gasteiger partial charge in [-0.3, -0.25) is 0 Å². The number of nitrogens with one attached hydrogen (secondary N) is 1.